The lowest BCUT2D eigenvalue weighted by molar-refractivity contribution is 0.290. The molecule has 0 unspecified atom stereocenters. The van der Waals surface area contributed by atoms with Gasteiger partial charge in [0, 0.05) is 12.1 Å². The van der Waals surface area contributed by atoms with Crippen molar-refractivity contribution >= 4 is 0 Å². The van der Waals surface area contributed by atoms with Gasteiger partial charge in [0.05, 0.1) is 11.4 Å². The van der Waals surface area contributed by atoms with E-state index in [0.717, 1.165) is 34.8 Å². The van der Waals surface area contributed by atoms with Gasteiger partial charge < -0.3 is 9.84 Å². The molecule has 2 aromatic rings. The van der Waals surface area contributed by atoms with Crippen molar-refractivity contribution in [3.63, 3.8) is 0 Å². The molecule has 4 nitrogen and oxygen atoms in total. The van der Waals surface area contributed by atoms with E-state index in [1.165, 1.54) is 0 Å². The molecule has 0 fully saturated rings. The lowest BCUT2D eigenvalue weighted by Gasteiger charge is -2.10. The van der Waals surface area contributed by atoms with Crippen LogP contribution in [0.2, 0.25) is 0 Å². The van der Waals surface area contributed by atoms with Gasteiger partial charge in [-0.25, -0.2) is 0 Å². The lowest BCUT2D eigenvalue weighted by Crippen LogP contribution is -2.06. The van der Waals surface area contributed by atoms with Gasteiger partial charge in [0.1, 0.15) is 19.0 Å². The van der Waals surface area contributed by atoms with Crippen LogP contribution in [-0.2, 0) is 13.2 Å². The number of hydrogen-bond acceptors (Lipinski definition) is 3. The molecule has 110 valence electrons. The fourth-order valence-corrected chi connectivity index (χ4v) is 2.17. The number of ether oxygens (including phenoxy) is 1. The van der Waals surface area contributed by atoms with Crippen LogP contribution in [0.4, 0.5) is 0 Å². The summed E-state index contributed by atoms with van der Waals surface area (Å²) >= 11 is 0. The molecule has 0 aliphatic heterocycles. The maximum atomic E-state index is 8.71. The number of aliphatic hydroxyl groups is 1. The van der Waals surface area contributed by atoms with E-state index in [9.17, 15) is 0 Å². The molecule has 1 aromatic heterocycles. The highest BCUT2D eigenvalue weighted by Crippen LogP contribution is 2.20. The van der Waals surface area contributed by atoms with E-state index in [0.29, 0.717) is 6.61 Å². The predicted molar refractivity (Wildman–Crippen MR) is 82.1 cm³/mol. The molecule has 2 rings (SSSR count). The third-order valence-corrected chi connectivity index (χ3v) is 3.15. The Kier molecular flexibility index (Phi) is 5.02. The van der Waals surface area contributed by atoms with Crippen molar-refractivity contribution < 1.29 is 9.84 Å². The van der Waals surface area contributed by atoms with Gasteiger partial charge in [-0.05, 0) is 50.6 Å². The summed E-state index contributed by atoms with van der Waals surface area (Å²) < 4.78 is 7.83. The Morgan fingerprint density at radius 3 is 2.76 bits per heavy atom. The van der Waals surface area contributed by atoms with E-state index in [1.807, 2.05) is 42.8 Å². The molecular weight excluding hydrogens is 264 g/mol. The van der Waals surface area contributed by atoms with E-state index < -0.39 is 0 Å². The first kappa shape index (κ1) is 15.1. The monoisotopic (exact) mass is 284 g/mol. The van der Waals surface area contributed by atoms with Crippen LogP contribution in [0, 0.1) is 25.7 Å². The van der Waals surface area contributed by atoms with Crippen LogP contribution < -0.4 is 4.74 Å². The van der Waals surface area contributed by atoms with Crippen LogP contribution in [0.1, 0.15) is 29.4 Å². The zero-order valence-electron chi connectivity index (χ0n) is 12.7. The highest BCUT2D eigenvalue weighted by Gasteiger charge is 2.06. The van der Waals surface area contributed by atoms with E-state index in [-0.39, 0.29) is 6.61 Å². The minimum Gasteiger partial charge on any atom is -0.487 e. The third-order valence-electron chi connectivity index (χ3n) is 3.15. The number of hydrogen-bond donors (Lipinski definition) is 1. The molecule has 0 aliphatic rings. The maximum absolute atomic E-state index is 8.71. The van der Waals surface area contributed by atoms with Crippen molar-refractivity contribution in [2.24, 2.45) is 0 Å². The van der Waals surface area contributed by atoms with Gasteiger partial charge in [-0.2, -0.15) is 5.10 Å². The van der Waals surface area contributed by atoms with Gasteiger partial charge in [0.2, 0.25) is 0 Å². The Hall–Kier alpha value is -2.25. The van der Waals surface area contributed by atoms with Crippen LogP contribution in [0.15, 0.2) is 24.3 Å². The van der Waals surface area contributed by atoms with E-state index in [4.69, 9.17) is 9.84 Å². The van der Waals surface area contributed by atoms with Gasteiger partial charge in [0.15, 0.2) is 0 Å². The fraction of sp³-hybridized carbons (Fsp3) is 0.353. The van der Waals surface area contributed by atoms with Crippen molar-refractivity contribution in [3.8, 4) is 17.6 Å². The predicted octanol–water partition coefficient (Wildman–Crippen LogP) is 2.44. The first-order valence-corrected chi connectivity index (χ1v) is 7.00. The number of aliphatic hydroxyl groups excluding tert-OH is 1. The lowest BCUT2D eigenvalue weighted by atomic mass is 10.1. The molecule has 0 spiro atoms. The van der Waals surface area contributed by atoms with Crippen molar-refractivity contribution in [2.45, 2.75) is 33.9 Å². The second-order valence-corrected chi connectivity index (χ2v) is 4.82. The number of aromatic nitrogens is 2. The molecule has 0 amide bonds. The summed E-state index contributed by atoms with van der Waals surface area (Å²) in [4.78, 5) is 0. The quantitative estimate of drug-likeness (QED) is 0.877. The van der Waals surface area contributed by atoms with Crippen molar-refractivity contribution in [3.05, 3.63) is 46.8 Å². The average molecular weight is 284 g/mol. The molecule has 0 aliphatic carbocycles. The Bertz CT molecular complexity index is 678. The minimum atomic E-state index is -0.127. The van der Waals surface area contributed by atoms with Gasteiger partial charge >= 0.3 is 0 Å². The van der Waals surface area contributed by atoms with Crippen LogP contribution in [-0.4, -0.2) is 21.5 Å². The Morgan fingerprint density at radius 1 is 1.29 bits per heavy atom. The van der Waals surface area contributed by atoms with Gasteiger partial charge in [0.25, 0.3) is 0 Å². The maximum Gasteiger partial charge on any atom is 0.130 e. The highest BCUT2D eigenvalue weighted by molar-refractivity contribution is 5.43. The SMILES string of the molecule is CCn1nc(C)cc1COc1ccc(C#CCO)cc1C. The fourth-order valence-electron chi connectivity index (χ4n) is 2.17. The molecule has 1 N–H and O–H groups in total. The molecule has 0 saturated carbocycles. The van der Waals surface area contributed by atoms with Crippen molar-refractivity contribution in [1.82, 2.24) is 9.78 Å². The Labute approximate surface area is 125 Å². The van der Waals surface area contributed by atoms with Crippen LogP contribution in [0.5, 0.6) is 5.75 Å². The molecule has 1 aromatic carbocycles. The summed E-state index contributed by atoms with van der Waals surface area (Å²) in [6.07, 6.45) is 0. The molecule has 0 radical (unpaired) electrons. The number of rotatable bonds is 4. The summed E-state index contributed by atoms with van der Waals surface area (Å²) in [6.45, 7) is 7.24. The molecule has 0 bridgehead atoms. The molecule has 4 heteroatoms. The molecular formula is C17H20N2O2. The smallest absolute Gasteiger partial charge is 0.130 e. The summed E-state index contributed by atoms with van der Waals surface area (Å²) in [5.74, 6) is 6.37. The molecule has 0 atom stereocenters. The normalized spacial score (nSPS) is 10.1. The van der Waals surface area contributed by atoms with Crippen molar-refractivity contribution in [2.75, 3.05) is 6.61 Å². The number of aryl methyl sites for hydroxylation is 3. The number of nitrogens with zero attached hydrogens (tertiary/aromatic N) is 2. The highest BCUT2D eigenvalue weighted by atomic mass is 16.5. The first-order valence-electron chi connectivity index (χ1n) is 7.00. The summed E-state index contributed by atoms with van der Waals surface area (Å²) in [6, 6.07) is 7.81. The summed E-state index contributed by atoms with van der Waals surface area (Å²) in [5.41, 5.74) is 3.97. The second kappa shape index (κ2) is 6.96. The standard InChI is InChI=1S/C17H20N2O2/c1-4-19-16(11-14(3)18-19)12-21-17-8-7-15(6-5-9-20)10-13(17)2/h7-8,10-11,20H,4,9,12H2,1-3H3. The Balaban J connectivity index is 2.09. The van der Waals surface area contributed by atoms with Gasteiger partial charge in [-0.3, -0.25) is 4.68 Å². The van der Waals surface area contributed by atoms with Gasteiger partial charge in [-0.15, -0.1) is 0 Å². The van der Waals surface area contributed by atoms with Crippen molar-refractivity contribution in [1.29, 1.82) is 0 Å². The molecule has 1 heterocycles. The van der Waals surface area contributed by atoms with Crippen LogP contribution in [0.25, 0.3) is 0 Å². The zero-order chi connectivity index (χ0) is 15.2. The second-order valence-electron chi connectivity index (χ2n) is 4.82. The van der Waals surface area contributed by atoms with E-state index in [1.54, 1.807) is 0 Å². The van der Waals surface area contributed by atoms with Crippen LogP contribution in [0.3, 0.4) is 0 Å². The molecule has 21 heavy (non-hydrogen) atoms. The minimum absolute atomic E-state index is 0.127. The molecule has 0 saturated heterocycles. The average Bonchev–Trinajstić information content (AvgIpc) is 2.84. The summed E-state index contributed by atoms with van der Waals surface area (Å²) in [7, 11) is 0. The van der Waals surface area contributed by atoms with Gasteiger partial charge in [-0.1, -0.05) is 11.8 Å². The third kappa shape index (κ3) is 3.87. The first-order chi connectivity index (χ1) is 10.1. The zero-order valence-corrected chi connectivity index (χ0v) is 12.7. The summed E-state index contributed by atoms with van der Waals surface area (Å²) in [5, 5.41) is 13.1. The largest absolute Gasteiger partial charge is 0.487 e. The number of benzene rings is 1. The van der Waals surface area contributed by atoms with E-state index in [2.05, 4.69) is 23.9 Å². The topological polar surface area (TPSA) is 47.3 Å². The Morgan fingerprint density at radius 2 is 2.10 bits per heavy atom. The van der Waals surface area contributed by atoms with E-state index >= 15 is 0 Å². The van der Waals surface area contributed by atoms with Crippen LogP contribution >= 0.6 is 0 Å².